The van der Waals surface area contributed by atoms with Gasteiger partial charge in [-0.25, -0.2) is 13.2 Å². The van der Waals surface area contributed by atoms with Crippen molar-refractivity contribution in [3.8, 4) is 5.75 Å². The predicted molar refractivity (Wildman–Crippen MR) is 155 cm³/mol. The van der Waals surface area contributed by atoms with Gasteiger partial charge in [0, 0.05) is 31.2 Å². The molecule has 0 N–H and O–H groups in total. The smallest absolute Gasteiger partial charge is 0.338 e. The highest BCUT2D eigenvalue weighted by Gasteiger charge is 2.30. The Hall–Kier alpha value is -3.21. The summed E-state index contributed by atoms with van der Waals surface area (Å²) in [5.74, 6) is 0.108. The van der Waals surface area contributed by atoms with Crippen LogP contribution in [-0.4, -0.2) is 83.4 Å². The van der Waals surface area contributed by atoms with Crippen LogP contribution in [0.3, 0.4) is 0 Å². The van der Waals surface area contributed by atoms with E-state index < -0.39 is 15.8 Å². The number of nitrogens with zero attached hydrogens (tertiary/aromatic N) is 3. The summed E-state index contributed by atoms with van der Waals surface area (Å²) >= 11 is 0. The number of sulfone groups is 1. The molecule has 1 aromatic heterocycles. The Bertz CT molecular complexity index is 1400. The van der Waals surface area contributed by atoms with Crippen molar-refractivity contribution < 1.29 is 27.4 Å². The molecular formula is C30H39N3O6S. The largest absolute Gasteiger partial charge is 0.497 e. The van der Waals surface area contributed by atoms with Crippen molar-refractivity contribution in [2.45, 2.75) is 49.5 Å². The van der Waals surface area contributed by atoms with Gasteiger partial charge >= 0.3 is 5.97 Å². The molecule has 0 atom stereocenters. The first-order chi connectivity index (χ1) is 19.3. The summed E-state index contributed by atoms with van der Waals surface area (Å²) in [7, 11) is -2.40. The molecule has 0 saturated carbocycles. The lowest BCUT2D eigenvalue weighted by molar-refractivity contribution is 0.0249. The second-order valence-corrected chi connectivity index (χ2v) is 11.6. The van der Waals surface area contributed by atoms with Gasteiger partial charge in [0.1, 0.15) is 10.6 Å². The second-order valence-electron chi connectivity index (χ2n) is 9.69. The lowest BCUT2D eigenvalue weighted by Gasteiger charge is -2.35. The number of anilines is 1. The molecule has 1 aliphatic heterocycles. The Kier molecular flexibility index (Phi) is 9.99. The number of esters is 1. The summed E-state index contributed by atoms with van der Waals surface area (Å²) in [6.45, 7) is 11.1. The van der Waals surface area contributed by atoms with Gasteiger partial charge in [-0.3, -0.25) is 4.98 Å². The molecule has 1 aliphatic rings. The van der Waals surface area contributed by atoms with Crippen LogP contribution in [0.25, 0.3) is 10.9 Å². The number of ether oxygens (including phenoxy) is 3. The van der Waals surface area contributed by atoms with E-state index in [1.54, 1.807) is 37.3 Å². The van der Waals surface area contributed by atoms with Crippen LogP contribution in [0, 0.1) is 0 Å². The SMILES string of the molecule is CCOC(=O)c1ccc2ncc(S(=O)(=O)c3ccc(OC)cc3)c(N3CCC(OCCN(CC)CC)CC3)c2c1. The molecule has 2 aromatic carbocycles. The summed E-state index contributed by atoms with van der Waals surface area (Å²) in [5.41, 5.74) is 1.51. The van der Waals surface area contributed by atoms with Crippen LogP contribution in [0.5, 0.6) is 5.75 Å². The zero-order chi connectivity index (χ0) is 28.7. The van der Waals surface area contributed by atoms with Crippen LogP contribution >= 0.6 is 0 Å². The quantitative estimate of drug-likeness (QED) is 0.290. The van der Waals surface area contributed by atoms with E-state index in [0.29, 0.717) is 47.6 Å². The minimum absolute atomic E-state index is 0.104. The summed E-state index contributed by atoms with van der Waals surface area (Å²) in [5, 5.41) is 0.598. The van der Waals surface area contributed by atoms with Crippen LogP contribution < -0.4 is 9.64 Å². The van der Waals surface area contributed by atoms with Gasteiger partial charge in [0.15, 0.2) is 0 Å². The maximum absolute atomic E-state index is 14.0. The number of fused-ring (bicyclic) bond motifs is 1. The molecule has 0 aliphatic carbocycles. The normalized spacial score (nSPS) is 14.6. The predicted octanol–water partition coefficient (Wildman–Crippen LogP) is 4.58. The molecule has 10 heteroatoms. The second kappa shape index (κ2) is 13.4. The Morgan fingerprint density at radius 2 is 1.75 bits per heavy atom. The van der Waals surface area contributed by atoms with Gasteiger partial charge in [-0.2, -0.15) is 0 Å². The number of pyridine rings is 1. The fraction of sp³-hybridized carbons (Fsp3) is 0.467. The molecule has 1 saturated heterocycles. The maximum Gasteiger partial charge on any atom is 0.338 e. The van der Waals surface area contributed by atoms with Crippen molar-refractivity contribution in [3.05, 3.63) is 54.2 Å². The maximum atomic E-state index is 14.0. The zero-order valence-corrected chi connectivity index (χ0v) is 24.6. The monoisotopic (exact) mass is 569 g/mol. The standard InChI is InChI=1S/C30H39N3O6S/c1-5-32(6-2)18-19-39-24-14-16-33(17-15-24)29-26-20-22(30(34)38-7-3)8-13-27(26)31-21-28(29)40(35,36)25-11-9-23(37-4)10-12-25/h8-13,20-21,24H,5-7,14-19H2,1-4H3. The van der Waals surface area contributed by atoms with Gasteiger partial charge in [0.25, 0.3) is 0 Å². The number of benzene rings is 2. The van der Waals surface area contributed by atoms with Crippen LogP contribution in [-0.2, 0) is 19.3 Å². The van der Waals surface area contributed by atoms with E-state index in [1.807, 2.05) is 0 Å². The number of hydrogen-bond acceptors (Lipinski definition) is 9. The molecule has 4 rings (SSSR count). The van der Waals surface area contributed by atoms with Crippen LogP contribution in [0.2, 0.25) is 0 Å². The average Bonchev–Trinajstić information content (AvgIpc) is 2.99. The zero-order valence-electron chi connectivity index (χ0n) is 23.8. The number of methoxy groups -OCH3 is 1. The highest BCUT2D eigenvalue weighted by Crippen LogP contribution is 2.38. The number of rotatable bonds is 12. The van der Waals surface area contributed by atoms with Crippen molar-refractivity contribution >= 4 is 32.4 Å². The number of carbonyl (C=O) groups is 1. The molecule has 0 spiro atoms. The lowest BCUT2D eigenvalue weighted by atomic mass is 10.0. The molecule has 0 radical (unpaired) electrons. The van der Waals surface area contributed by atoms with E-state index in [9.17, 15) is 13.2 Å². The molecule has 0 bridgehead atoms. The molecule has 3 aromatic rings. The fourth-order valence-corrected chi connectivity index (χ4v) is 6.47. The molecule has 216 valence electrons. The van der Waals surface area contributed by atoms with Crippen molar-refractivity contribution in [1.29, 1.82) is 0 Å². The molecule has 0 unspecified atom stereocenters. The van der Waals surface area contributed by atoms with Gasteiger partial charge in [-0.1, -0.05) is 13.8 Å². The minimum Gasteiger partial charge on any atom is -0.497 e. The third-order valence-electron chi connectivity index (χ3n) is 7.39. The number of aromatic nitrogens is 1. The topological polar surface area (TPSA) is 98.3 Å². The first kappa shape index (κ1) is 29.8. The fourth-order valence-electron chi connectivity index (χ4n) is 5.04. The van der Waals surface area contributed by atoms with Gasteiger partial charge < -0.3 is 24.0 Å². The average molecular weight is 570 g/mol. The Balaban J connectivity index is 1.70. The van der Waals surface area contributed by atoms with Crippen molar-refractivity contribution in [1.82, 2.24) is 9.88 Å². The minimum atomic E-state index is -3.93. The van der Waals surface area contributed by atoms with Crippen LogP contribution in [0.4, 0.5) is 5.69 Å². The number of likely N-dealkylation sites (N-methyl/N-ethyl adjacent to an activating group) is 1. The number of hydrogen-bond donors (Lipinski definition) is 0. The molecule has 40 heavy (non-hydrogen) atoms. The third-order valence-corrected chi connectivity index (χ3v) is 9.16. The summed E-state index contributed by atoms with van der Waals surface area (Å²) in [6, 6.07) is 11.4. The molecular weight excluding hydrogens is 530 g/mol. The molecule has 0 amide bonds. The van der Waals surface area contributed by atoms with Gasteiger partial charge in [-0.05, 0) is 75.3 Å². The lowest BCUT2D eigenvalue weighted by Crippen LogP contribution is -2.39. The first-order valence-electron chi connectivity index (χ1n) is 13.9. The van der Waals surface area contributed by atoms with Crippen molar-refractivity contribution in [3.63, 3.8) is 0 Å². The van der Waals surface area contributed by atoms with E-state index in [0.717, 1.165) is 32.5 Å². The van der Waals surface area contributed by atoms with E-state index in [1.165, 1.54) is 25.4 Å². The van der Waals surface area contributed by atoms with E-state index in [4.69, 9.17) is 14.2 Å². The molecule has 1 fully saturated rings. The van der Waals surface area contributed by atoms with Crippen molar-refractivity contribution in [2.75, 3.05) is 57.9 Å². The number of piperidine rings is 1. The van der Waals surface area contributed by atoms with Gasteiger partial charge in [0.05, 0.1) is 48.1 Å². The highest BCUT2D eigenvalue weighted by molar-refractivity contribution is 7.91. The molecule has 9 nitrogen and oxygen atoms in total. The Morgan fingerprint density at radius 1 is 1.05 bits per heavy atom. The highest BCUT2D eigenvalue weighted by atomic mass is 32.2. The number of carbonyl (C=O) groups excluding carboxylic acids is 1. The van der Waals surface area contributed by atoms with E-state index >= 15 is 0 Å². The van der Waals surface area contributed by atoms with E-state index in [2.05, 4.69) is 28.6 Å². The Morgan fingerprint density at radius 3 is 2.38 bits per heavy atom. The summed E-state index contributed by atoms with van der Waals surface area (Å²) < 4.78 is 44.5. The van der Waals surface area contributed by atoms with Crippen LogP contribution in [0.15, 0.2) is 58.5 Å². The first-order valence-corrected chi connectivity index (χ1v) is 15.4. The van der Waals surface area contributed by atoms with Gasteiger partial charge in [-0.15, -0.1) is 0 Å². The van der Waals surface area contributed by atoms with E-state index in [-0.39, 0.29) is 22.5 Å². The molecule has 2 heterocycles. The summed E-state index contributed by atoms with van der Waals surface area (Å²) in [4.78, 5) is 21.7. The Labute approximate surface area is 237 Å². The third kappa shape index (κ3) is 6.56. The van der Waals surface area contributed by atoms with Gasteiger partial charge in [0.2, 0.25) is 9.84 Å². The van der Waals surface area contributed by atoms with Crippen molar-refractivity contribution in [2.24, 2.45) is 0 Å². The summed E-state index contributed by atoms with van der Waals surface area (Å²) in [6.07, 6.45) is 3.06. The van der Waals surface area contributed by atoms with Crippen LogP contribution in [0.1, 0.15) is 44.0 Å².